The van der Waals surface area contributed by atoms with Crippen LogP contribution in [0.2, 0.25) is 0 Å². The molecule has 2 aromatic carbocycles. The Morgan fingerprint density at radius 3 is 2.75 bits per heavy atom. The van der Waals surface area contributed by atoms with E-state index in [9.17, 15) is 4.79 Å². The molecule has 4 rings (SSSR count). The summed E-state index contributed by atoms with van der Waals surface area (Å²) in [5.74, 6) is 0.157. The van der Waals surface area contributed by atoms with Crippen molar-refractivity contribution < 1.29 is 4.79 Å². The number of carbonyl (C=O) groups is 1. The molecule has 4 aromatic rings. The molecular formula is C17H13N5OS. The minimum absolute atomic E-state index is 0.0898. The molecule has 0 saturated carbocycles. The van der Waals surface area contributed by atoms with E-state index in [1.165, 1.54) is 11.8 Å². The maximum absolute atomic E-state index is 12.0. The third-order valence-electron chi connectivity index (χ3n) is 3.45. The maximum Gasteiger partial charge on any atom is 0.234 e. The second-order valence-corrected chi connectivity index (χ2v) is 6.07. The van der Waals surface area contributed by atoms with Gasteiger partial charge in [-0.2, -0.15) is 0 Å². The number of thioether (sulfide) groups is 1. The Hall–Kier alpha value is -2.93. The summed E-state index contributed by atoms with van der Waals surface area (Å²) in [6.07, 6.45) is 1.64. The first kappa shape index (κ1) is 14.6. The zero-order valence-electron chi connectivity index (χ0n) is 12.6. The fourth-order valence-corrected chi connectivity index (χ4v) is 3.00. The summed E-state index contributed by atoms with van der Waals surface area (Å²) in [5, 5.41) is 8.70. The lowest BCUT2D eigenvalue weighted by Gasteiger charge is -2.02. The number of amides is 1. The predicted octanol–water partition coefficient (Wildman–Crippen LogP) is 3.01. The molecule has 0 aliphatic rings. The molecule has 0 fully saturated rings. The van der Waals surface area contributed by atoms with Crippen molar-refractivity contribution in [2.75, 3.05) is 11.1 Å². The van der Waals surface area contributed by atoms with Crippen molar-refractivity contribution in [3.05, 3.63) is 60.9 Å². The Bertz CT molecular complexity index is 1020. The predicted molar refractivity (Wildman–Crippen MR) is 94.1 cm³/mol. The number of para-hydroxylation sites is 2. The molecule has 0 bridgehead atoms. The van der Waals surface area contributed by atoms with Gasteiger partial charge in [0.25, 0.3) is 0 Å². The van der Waals surface area contributed by atoms with Gasteiger partial charge in [0.1, 0.15) is 6.33 Å². The molecule has 0 saturated heterocycles. The van der Waals surface area contributed by atoms with E-state index in [1.54, 1.807) is 10.8 Å². The number of anilines is 1. The van der Waals surface area contributed by atoms with Crippen LogP contribution in [-0.2, 0) is 4.79 Å². The largest absolute Gasteiger partial charge is 0.325 e. The van der Waals surface area contributed by atoms with Gasteiger partial charge >= 0.3 is 0 Å². The third-order valence-corrected chi connectivity index (χ3v) is 4.29. The molecule has 2 aromatic heterocycles. The van der Waals surface area contributed by atoms with Crippen molar-refractivity contribution in [1.29, 1.82) is 0 Å². The van der Waals surface area contributed by atoms with Crippen LogP contribution in [0.3, 0.4) is 0 Å². The normalized spacial score (nSPS) is 11.0. The topological polar surface area (TPSA) is 72.2 Å². The SMILES string of the molecule is O=C(CSc1nc2c3ccccc3ncn2n1)Nc1ccccc1. The van der Waals surface area contributed by atoms with Crippen molar-refractivity contribution in [1.82, 2.24) is 19.6 Å². The van der Waals surface area contributed by atoms with Crippen LogP contribution in [0, 0.1) is 0 Å². The van der Waals surface area contributed by atoms with Gasteiger partial charge in [-0.15, -0.1) is 5.10 Å². The lowest BCUT2D eigenvalue weighted by atomic mass is 10.2. The standard InChI is InChI=1S/C17H13N5OS/c23-15(19-12-6-2-1-3-7-12)10-24-17-20-16-13-8-4-5-9-14(13)18-11-22(16)21-17/h1-9,11H,10H2,(H,19,23). The highest BCUT2D eigenvalue weighted by molar-refractivity contribution is 7.99. The number of hydrogen-bond acceptors (Lipinski definition) is 5. The molecule has 118 valence electrons. The number of carbonyl (C=O) groups excluding carboxylic acids is 1. The lowest BCUT2D eigenvalue weighted by molar-refractivity contribution is -0.113. The maximum atomic E-state index is 12.0. The average molecular weight is 335 g/mol. The Morgan fingerprint density at radius 1 is 1.08 bits per heavy atom. The van der Waals surface area contributed by atoms with E-state index in [0.717, 1.165) is 22.2 Å². The summed E-state index contributed by atoms with van der Waals surface area (Å²) in [7, 11) is 0. The second kappa shape index (κ2) is 6.29. The van der Waals surface area contributed by atoms with Gasteiger partial charge in [0, 0.05) is 11.1 Å². The Labute approximate surface area is 141 Å². The van der Waals surface area contributed by atoms with Crippen LogP contribution >= 0.6 is 11.8 Å². The quantitative estimate of drug-likeness (QED) is 0.581. The summed E-state index contributed by atoms with van der Waals surface area (Å²) in [6.45, 7) is 0. The van der Waals surface area contributed by atoms with Crippen LogP contribution in [0.5, 0.6) is 0 Å². The summed E-state index contributed by atoms with van der Waals surface area (Å²) < 4.78 is 1.64. The molecule has 6 nitrogen and oxygen atoms in total. The van der Waals surface area contributed by atoms with Crippen molar-refractivity contribution in [3.8, 4) is 0 Å². The fourth-order valence-electron chi connectivity index (χ4n) is 2.37. The van der Waals surface area contributed by atoms with E-state index >= 15 is 0 Å². The minimum Gasteiger partial charge on any atom is -0.325 e. The zero-order chi connectivity index (χ0) is 16.4. The molecular weight excluding hydrogens is 322 g/mol. The molecule has 0 aliphatic heterocycles. The van der Waals surface area contributed by atoms with Gasteiger partial charge in [0.2, 0.25) is 11.1 Å². The van der Waals surface area contributed by atoms with Crippen molar-refractivity contribution in [2.45, 2.75) is 5.16 Å². The molecule has 1 N–H and O–H groups in total. The summed E-state index contributed by atoms with van der Waals surface area (Å²) in [6, 6.07) is 17.1. The number of nitrogens with zero attached hydrogens (tertiary/aromatic N) is 4. The van der Waals surface area contributed by atoms with E-state index in [4.69, 9.17) is 0 Å². The number of aromatic nitrogens is 4. The first-order chi connectivity index (χ1) is 11.8. The molecule has 0 aliphatic carbocycles. The summed E-state index contributed by atoms with van der Waals surface area (Å²) >= 11 is 1.30. The van der Waals surface area contributed by atoms with Crippen LogP contribution in [0.1, 0.15) is 0 Å². The fraction of sp³-hybridized carbons (Fsp3) is 0.0588. The van der Waals surface area contributed by atoms with Gasteiger partial charge in [-0.25, -0.2) is 14.5 Å². The Balaban J connectivity index is 1.50. The van der Waals surface area contributed by atoms with E-state index in [-0.39, 0.29) is 11.7 Å². The molecule has 1 amide bonds. The van der Waals surface area contributed by atoms with Gasteiger partial charge < -0.3 is 5.32 Å². The van der Waals surface area contributed by atoms with Gasteiger partial charge in [-0.1, -0.05) is 42.1 Å². The molecule has 0 radical (unpaired) electrons. The molecule has 0 spiro atoms. The molecule has 7 heteroatoms. The van der Waals surface area contributed by atoms with Gasteiger partial charge in [-0.3, -0.25) is 4.79 Å². The lowest BCUT2D eigenvalue weighted by Crippen LogP contribution is -2.13. The number of fused-ring (bicyclic) bond motifs is 3. The molecule has 2 heterocycles. The molecule has 24 heavy (non-hydrogen) atoms. The minimum atomic E-state index is -0.0898. The Morgan fingerprint density at radius 2 is 1.88 bits per heavy atom. The van der Waals surface area contributed by atoms with Gasteiger partial charge in [-0.05, 0) is 24.3 Å². The first-order valence-corrected chi connectivity index (χ1v) is 8.36. The van der Waals surface area contributed by atoms with Crippen LogP contribution in [0.15, 0.2) is 66.1 Å². The van der Waals surface area contributed by atoms with Crippen LogP contribution in [0.25, 0.3) is 16.6 Å². The highest BCUT2D eigenvalue weighted by Gasteiger charge is 2.10. The smallest absolute Gasteiger partial charge is 0.234 e. The first-order valence-electron chi connectivity index (χ1n) is 7.37. The van der Waals surface area contributed by atoms with Crippen molar-refractivity contribution in [3.63, 3.8) is 0 Å². The number of nitrogens with one attached hydrogen (secondary N) is 1. The summed E-state index contributed by atoms with van der Waals surface area (Å²) in [4.78, 5) is 20.9. The number of hydrogen-bond donors (Lipinski definition) is 1. The van der Waals surface area contributed by atoms with E-state index in [2.05, 4.69) is 20.4 Å². The van der Waals surface area contributed by atoms with Crippen LogP contribution in [0.4, 0.5) is 5.69 Å². The molecule has 0 atom stereocenters. The van der Waals surface area contributed by atoms with Gasteiger partial charge in [0.15, 0.2) is 5.65 Å². The average Bonchev–Trinajstić information content (AvgIpc) is 3.04. The number of benzene rings is 2. The highest BCUT2D eigenvalue weighted by atomic mass is 32.2. The number of rotatable bonds is 4. The van der Waals surface area contributed by atoms with E-state index < -0.39 is 0 Å². The van der Waals surface area contributed by atoms with Crippen LogP contribution in [-0.4, -0.2) is 31.2 Å². The van der Waals surface area contributed by atoms with E-state index in [0.29, 0.717) is 5.16 Å². The Kier molecular flexibility index (Phi) is 3.84. The van der Waals surface area contributed by atoms with Crippen LogP contribution < -0.4 is 5.32 Å². The highest BCUT2D eigenvalue weighted by Crippen LogP contribution is 2.20. The molecule has 0 unspecified atom stereocenters. The second-order valence-electron chi connectivity index (χ2n) is 5.13. The van der Waals surface area contributed by atoms with E-state index in [1.807, 2.05) is 54.6 Å². The zero-order valence-corrected chi connectivity index (χ0v) is 13.4. The van der Waals surface area contributed by atoms with Crippen molar-refractivity contribution >= 4 is 39.9 Å². The third kappa shape index (κ3) is 2.93. The summed E-state index contributed by atoms with van der Waals surface area (Å²) in [5.41, 5.74) is 2.39. The van der Waals surface area contributed by atoms with Gasteiger partial charge in [0.05, 0.1) is 11.3 Å². The van der Waals surface area contributed by atoms with Crippen molar-refractivity contribution in [2.24, 2.45) is 0 Å². The monoisotopic (exact) mass is 335 g/mol.